The minimum absolute atomic E-state index is 0.0458. The van der Waals surface area contributed by atoms with Crippen molar-refractivity contribution in [3.05, 3.63) is 69.5 Å². The van der Waals surface area contributed by atoms with Gasteiger partial charge in [0.2, 0.25) is 0 Å². The summed E-state index contributed by atoms with van der Waals surface area (Å²) >= 11 is 1.80. The average molecular weight is 509 g/mol. The van der Waals surface area contributed by atoms with E-state index in [1.54, 1.807) is 11.3 Å². The number of allylic oxidation sites excluding steroid dienone is 4. The highest BCUT2D eigenvalue weighted by atomic mass is 32.1. The zero-order valence-corrected chi connectivity index (χ0v) is 23.1. The Bertz CT molecular complexity index is 1070. The van der Waals surface area contributed by atoms with Crippen molar-refractivity contribution in [3.63, 3.8) is 0 Å². The van der Waals surface area contributed by atoms with Gasteiger partial charge in [0.25, 0.3) is 0 Å². The first-order valence-electron chi connectivity index (χ1n) is 14.0. The lowest BCUT2D eigenvalue weighted by molar-refractivity contribution is 0.0862. The molecule has 4 heteroatoms. The fraction of sp³-hybridized carbons (Fsp3) is 0.625. The topological polar surface area (TPSA) is 60.7 Å². The average Bonchev–Trinajstić information content (AvgIpc) is 3.41. The summed E-state index contributed by atoms with van der Waals surface area (Å²) in [4.78, 5) is 1.34. The number of rotatable bonds is 6. The van der Waals surface area contributed by atoms with Crippen molar-refractivity contribution in [3.8, 4) is 0 Å². The summed E-state index contributed by atoms with van der Waals surface area (Å²) in [5.74, 6) is 1.65. The molecule has 0 spiro atoms. The van der Waals surface area contributed by atoms with Gasteiger partial charge in [-0.3, -0.25) is 0 Å². The third kappa shape index (κ3) is 4.75. The molecule has 0 bridgehead atoms. The van der Waals surface area contributed by atoms with Crippen LogP contribution in [0.5, 0.6) is 0 Å². The Kier molecular flexibility index (Phi) is 7.28. The molecule has 4 fully saturated rings. The van der Waals surface area contributed by atoms with Crippen LogP contribution in [0.2, 0.25) is 0 Å². The molecule has 4 saturated carbocycles. The SMILES string of the molecule is C=C1C(=CC=C2CCC[C@]3(C)[C@@H]([C@H](C)C=C[C@@H](O)C4(c5cc(C)cs5)CC4)CC[C@@H]23)C[C@@H](O)C[C@@H]1O. The highest BCUT2D eigenvalue weighted by Crippen LogP contribution is 2.60. The van der Waals surface area contributed by atoms with Crippen LogP contribution in [0.4, 0.5) is 0 Å². The van der Waals surface area contributed by atoms with Gasteiger partial charge < -0.3 is 15.3 Å². The summed E-state index contributed by atoms with van der Waals surface area (Å²) in [5, 5.41) is 33.7. The van der Waals surface area contributed by atoms with Gasteiger partial charge in [-0.25, -0.2) is 0 Å². The van der Waals surface area contributed by atoms with Gasteiger partial charge in [0.15, 0.2) is 0 Å². The van der Waals surface area contributed by atoms with E-state index in [9.17, 15) is 15.3 Å². The molecule has 1 aromatic rings. The normalized spacial score (nSPS) is 38.0. The number of hydrogen-bond donors (Lipinski definition) is 3. The second kappa shape index (κ2) is 10.0. The smallest absolute Gasteiger partial charge is 0.0825 e. The van der Waals surface area contributed by atoms with E-state index >= 15 is 0 Å². The minimum atomic E-state index is -0.632. The first-order valence-corrected chi connectivity index (χ1v) is 14.9. The number of aliphatic hydroxyl groups excluding tert-OH is 3. The lowest BCUT2D eigenvalue weighted by Crippen LogP contribution is -2.35. The Balaban J connectivity index is 1.29. The molecule has 0 unspecified atom stereocenters. The zero-order chi connectivity index (χ0) is 25.7. The fourth-order valence-corrected chi connectivity index (χ4v) is 8.92. The lowest BCUT2D eigenvalue weighted by atomic mass is 9.61. The van der Waals surface area contributed by atoms with Crippen LogP contribution in [0.1, 0.15) is 82.1 Å². The molecule has 7 atom stereocenters. The number of fused-ring (bicyclic) bond motifs is 1. The highest BCUT2D eigenvalue weighted by molar-refractivity contribution is 7.10. The Morgan fingerprint density at radius 1 is 1.14 bits per heavy atom. The summed E-state index contributed by atoms with van der Waals surface area (Å²) in [5.41, 5.74) is 4.83. The predicted octanol–water partition coefficient (Wildman–Crippen LogP) is 6.78. The highest BCUT2D eigenvalue weighted by Gasteiger charge is 2.52. The first kappa shape index (κ1) is 26.2. The van der Waals surface area contributed by atoms with E-state index in [0.717, 1.165) is 30.4 Å². The maximum Gasteiger partial charge on any atom is 0.0825 e. The Labute approximate surface area is 221 Å². The molecule has 36 heavy (non-hydrogen) atoms. The molecule has 0 radical (unpaired) electrons. The van der Waals surface area contributed by atoms with Gasteiger partial charge in [0.1, 0.15) is 0 Å². The minimum Gasteiger partial charge on any atom is -0.393 e. The van der Waals surface area contributed by atoms with Crippen molar-refractivity contribution in [2.45, 2.75) is 102 Å². The van der Waals surface area contributed by atoms with Crippen molar-refractivity contribution in [1.82, 2.24) is 0 Å². The van der Waals surface area contributed by atoms with Gasteiger partial charge in [0.05, 0.1) is 18.3 Å². The van der Waals surface area contributed by atoms with Crippen LogP contribution in [-0.4, -0.2) is 33.6 Å². The van der Waals surface area contributed by atoms with Gasteiger partial charge in [-0.2, -0.15) is 0 Å². The zero-order valence-electron chi connectivity index (χ0n) is 22.2. The van der Waals surface area contributed by atoms with Crippen LogP contribution >= 0.6 is 11.3 Å². The van der Waals surface area contributed by atoms with E-state index in [-0.39, 0.29) is 10.8 Å². The summed E-state index contributed by atoms with van der Waals surface area (Å²) in [6.45, 7) is 11.1. The summed E-state index contributed by atoms with van der Waals surface area (Å²) in [6, 6.07) is 2.26. The van der Waals surface area contributed by atoms with Crippen molar-refractivity contribution in [1.29, 1.82) is 0 Å². The molecule has 4 aliphatic carbocycles. The third-order valence-electron chi connectivity index (χ3n) is 10.1. The number of thiophene rings is 1. The standard InChI is InChI=1S/C32H44O3S/c1-20-16-30(36-19-20)32(14-15-32)29(35)12-7-21(2)26-10-11-27-23(6-5-13-31(26,27)4)8-9-24-17-25(33)18-28(34)22(24)3/h7-9,12,16,19,21,25-29,33-35H,3,5-6,10-11,13-15,17-18H2,1-2,4H3/t21-,25-,26-,27+,28+,29-,31-/m1/s1. The largest absolute Gasteiger partial charge is 0.393 e. The van der Waals surface area contributed by atoms with Gasteiger partial charge >= 0.3 is 0 Å². The van der Waals surface area contributed by atoms with Crippen molar-refractivity contribution < 1.29 is 15.3 Å². The van der Waals surface area contributed by atoms with Crippen LogP contribution in [0.15, 0.2) is 59.0 Å². The number of aryl methyl sites for hydroxylation is 1. The monoisotopic (exact) mass is 508 g/mol. The molecule has 0 aromatic carbocycles. The van der Waals surface area contributed by atoms with Crippen molar-refractivity contribution in [2.75, 3.05) is 0 Å². The maximum absolute atomic E-state index is 11.1. The molecule has 5 rings (SSSR count). The molecule has 0 aliphatic heterocycles. The van der Waals surface area contributed by atoms with Gasteiger partial charge in [-0.05, 0) is 110 Å². The molecule has 1 aromatic heterocycles. The van der Waals surface area contributed by atoms with E-state index < -0.39 is 18.3 Å². The van der Waals surface area contributed by atoms with E-state index in [1.165, 1.54) is 41.7 Å². The second-order valence-electron chi connectivity index (χ2n) is 12.5. The molecule has 0 amide bonds. The van der Waals surface area contributed by atoms with E-state index in [0.29, 0.717) is 30.6 Å². The van der Waals surface area contributed by atoms with Crippen molar-refractivity contribution >= 4 is 11.3 Å². The molecule has 4 aliphatic rings. The molecule has 0 saturated heterocycles. The Morgan fingerprint density at radius 3 is 2.61 bits per heavy atom. The number of aliphatic hydroxyl groups is 3. The van der Waals surface area contributed by atoms with E-state index in [2.05, 4.69) is 63.1 Å². The van der Waals surface area contributed by atoms with Gasteiger partial charge in [-0.1, -0.05) is 50.3 Å². The molecular weight excluding hydrogens is 464 g/mol. The van der Waals surface area contributed by atoms with Gasteiger partial charge in [-0.15, -0.1) is 11.3 Å². The molecule has 1 heterocycles. The summed E-state index contributed by atoms with van der Waals surface area (Å²) in [6.07, 6.45) is 16.6. The molecule has 3 N–H and O–H groups in total. The van der Waals surface area contributed by atoms with Gasteiger partial charge in [0, 0.05) is 16.7 Å². The summed E-state index contributed by atoms with van der Waals surface area (Å²) in [7, 11) is 0. The van der Waals surface area contributed by atoms with Crippen LogP contribution in [0, 0.1) is 30.1 Å². The quantitative estimate of drug-likeness (QED) is 0.371. The Morgan fingerprint density at radius 2 is 1.92 bits per heavy atom. The Hall–Kier alpha value is -1.46. The van der Waals surface area contributed by atoms with E-state index in [1.807, 2.05) is 0 Å². The van der Waals surface area contributed by atoms with Crippen LogP contribution in [-0.2, 0) is 5.41 Å². The number of hydrogen-bond acceptors (Lipinski definition) is 4. The molecular formula is C32H44O3S. The van der Waals surface area contributed by atoms with Crippen molar-refractivity contribution in [2.24, 2.45) is 23.2 Å². The van der Waals surface area contributed by atoms with Crippen LogP contribution < -0.4 is 0 Å². The molecule has 3 nitrogen and oxygen atoms in total. The fourth-order valence-electron chi connectivity index (χ4n) is 7.72. The second-order valence-corrected chi connectivity index (χ2v) is 13.4. The summed E-state index contributed by atoms with van der Waals surface area (Å²) < 4.78 is 0. The first-order chi connectivity index (χ1) is 17.1. The maximum atomic E-state index is 11.1. The van der Waals surface area contributed by atoms with Crippen LogP contribution in [0.25, 0.3) is 0 Å². The third-order valence-corrected chi connectivity index (χ3v) is 11.4. The molecule has 196 valence electrons. The van der Waals surface area contributed by atoms with E-state index in [4.69, 9.17) is 0 Å². The lowest BCUT2D eigenvalue weighted by Gasteiger charge is -2.44. The predicted molar refractivity (Wildman–Crippen MR) is 149 cm³/mol. The van der Waals surface area contributed by atoms with Crippen LogP contribution in [0.3, 0.4) is 0 Å².